The Balaban J connectivity index is 2.25. The Labute approximate surface area is 166 Å². The van der Waals surface area contributed by atoms with E-state index in [9.17, 15) is 13.2 Å². The summed E-state index contributed by atoms with van der Waals surface area (Å²) < 4.78 is 36.6. The first-order chi connectivity index (χ1) is 13.3. The third-order valence-electron chi connectivity index (χ3n) is 4.53. The van der Waals surface area contributed by atoms with Crippen molar-refractivity contribution in [3.8, 4) is 11.5 Å². The minimum absolute atomic E-state index is 0.161. The van der Waals surface area contributed by atoms with Crippen LogP contribution in [0.3, 0.4) is 0 Å². The minimum Gasteiger partial charge on any atom is -0.495 e. The number of methoxy groups -OCH3 is 1. The number of nitrogens with one attached hydrogen (secondary N) is 1. The van der Waals surface area contributed by atoms with Gasteiger partial charge >= 0.3 is 0 Å². The molecule has 6 nitrogen and oxygen atoms in total. The van der Waals surface area contributed by atoms with E-state index in [1.807, 2.05) is 32.0 Å². The summed E-state index contributed by atoms with van der Waals surface area (Å²) in [4.78, 5) is 12.7. The molecule has 1 unspecified atom stereocenters. The lowest BCUT2D eigenvalue weighted by atomic mass is 10.2. The number of para-hydroxylation sites is 1. The molecular formula is C21H27NO5S. The number of hydrogen-bond donors (Lipinski definition) is 1. The number of amides is 1. The molecule has 2 aromatic rings. The first-order valence-electron chi connectivity index (χ1n) is 9.27. The number of hydrogen-bond acceptors (Lipinski definition) is 5. The summed E-state index contributed by atoms with van der Waals surface area (Å²) in [5.74, 6) is 0.546. The zero-order chi connectivity index (χ0) is 20.7. The van der Waals surface area contributed by atoms with Gasteiger partial charge in [-0.05, 0) is 50.1 Å². The number of carbonyl (C=O) groups is 1. The number of rotatable bonds is 9. The molecule has 0 spiro atoms. The maximum Gasteiger partial charge on any atom is 0.265 e. The lowest BCUT2D eigenvalue weighted by Gasteiger charge is -2.18. The summed E-state index contributed by atoms with van der Waals surface area (Å²) in [6, 6.07) is 13.5. The average molecular weight is 406 g/mol. The fourth-order valence-corrected chi connectivity index (χ4v) is 4.68. The van der Waals surface area contributed by atoms with Crippen LogP contribution in [0, 0.1) is 0 Å². The van der Waals surface area contributed by atoms with E-state index in [1.54, 1.807) is 25.1 Å². The van der Waals surface area contributed by atoms with Crippen LogP contribution in [0.1, 0.15) is 33.6 Å². The van der Waals surface area contributed by atoms with Crippen molar-refractivity contribution < 1.29 is 22.7 Å². The van der Waals surface area contributed by atoms with E-state index in [0.717, 1.165) is 0 Å². The summed E-state index contributed by atoms with van der Waals surface area (Å²) in [7, 11) is -2.03. The molecule has 0 saturated carbocycles. The van der Waals surface area contributed by atoms with Crippen molar-refractivity contribution in [3.05, 3.63) is 48.5 Å². The molecule has 2 aromatic carbocycles. The van der Waals surface area contributed by atoms with E-state index in [0.29, 0.717) is 30.0 Å². The van der Waals surface area contributed by atoms with Gasteiger partial charge in [-0.2, -0.15) is 0 Å². The third-order valence-corrected chi connectivity index (χ3v) is 6.99. The Morgan fingerprint density at radius 3 is 2.29 bits per heavy atom. The van der Waals surface area contributed by atoms with Crippen molar-refractivity contribution in [2.75, 3.05) is 12.4 Å². The SMILES string of the molecule is CCC(CC)S(=O)(=O)c1ccc(OC)c(NC(=O)C(C)Oc2ccccc2)c1. The molecule has 1 N–H and O–H groups in total. The number of ether oxygens (including phenoxy) is 2. The maximum atomic E-state index is 12.8. The molecule has 0 heterocycles. The van der Waals surface area contributed by atoms with Crippen LogP contribution < -0.4 is 14.8 Å². The van der Waals surface area contributed by atoms with Gasteiger partial charge in [-0.25, -0.2) is 8.42 Å². The summed E-state index contributed by atoms with van der Waals surface area (Å²) in [5.41, 5.74) is 0.294. The van der Waals surface area contributed by atoms with Crippen LogP contribution in [0.25, 0.3) is 0 Å². The molecule has 1 amide bonds. The van der Waals surface area contributed by atoms with E-state index in [4.69, 9.17) is 9.47 Å². The Morgan fingerprint density at radius 2 is 1.71 bits per heavy atom. The van der Waals surface area contributed by atoms with Crippen LogP contribution in [-0.2, 0) is 14.6 Å². The number of carbonyl (C=O) groups excluding carboxylic acids is 1. The largest absolute Gasteiger partial charge is 0.495 e. The van der Waals surface area contributed by atoms with Crippen molar-refractivity contribution in [1.82, 2.24) is 0 Å². The van der Waals surface area contributed by atoms with Crippen LogP contribution in [-0.4, -0.2) is 32.8 Å². The molecule has 28 heavy (non-hydrogen) atoms. The molecule has 0 aliphatic rings. The molecule has 0 fully saturated rings. The van der Waals surface area contributed by atoms with E-state index in [2.05, 4.69) is 5.32 Å². The molecule has 1 atom stereocenters. The van der Waals surface area contributed by atoms with Gasteiger partial charge in [0.2, 0.25) is 0 Å². The molecule has 2 rings (SSSR count). The second-order valence-corrected chi connectivity index (χ2v) is 8.64. The van der Waals surface area contributed by atoms with Gasteiger partial charge in [-0.15, -0.1) is 0 Å². The topological polar surface area (TPSA) is 81.7 Å². The summed E-state index contributed by atoms with van der Waals surface area (Å²) in [6.45, 7) is 5.32. The van der Waals surface area contributed by atoms with E-state index >= 15 is 0 Å². The molecule has 0 radical (unpaired) electrons. The maximum absolute atomic E-state index is 12.8. The lowest BCUT2D eigenvalue weighted by molar-refractivity contribution is -0.122. The van der Waals surface area contributed by atoms with Gasteiger partial charge < -0.3 is 14.8 Å². The molecule has 0 saturated heterocycles. The number of anilines is 1. The average Bonchev–Trinajstić information content (AvgIpc) is 2.69. The third kappa shape index (κ3) is 5.04. The molecule has 0 aromatic heterocycles. The fraction of sp³-hybridized carbons (Fsp3) is 0.381. The molecule has 7 heteroatoms. The van der Waals surface area contributed by atoms with Gasteiger partial charge in [0.05, 0.1) is 22.9 Å². The fourth-order valence-electron chi connectivity index (χ4n) is 2.87. The van der Waals surface area contributed by atoms with Gasteiger partial charge in [0.15, 0.2) is 15.9 Å². The van der Waals surface area contributed by atoms with E-state index < -0.39 is 27.1 Å². The highest BCUT2D eigenvalue weighted by Crippen LogP contribution is 2.30. The molecule has 0 bridgehead atoms. The molecule has 0 aliphatic heterocycles. The highest BCUT2D eigenvalue weighted by Gasteiger charge is 2.26. The smallest absolute Gasteiger partial charge is 0.265 e. The zero-order valence-electron chi connectivity index (χ0n) is 16.6. The van der Waals surface area contributed by atoms with Crippen LogP contribution in [0.2, 0.25) is 0 Å². The lowest BCUT2D eigenvalue weighted by Crippen LogP contribution is -2.30. The Kier molecular flexibility index (Phi) is 7.45. The molecule has 0 aliphatic carbocycles. The van der Waals surface area contributed by atoms with Crippen molar-refractivity contribution in [2.24, 2.45) is 0 Å². The van der Waals surface area contributed by atoms with Crippen molar-refractivity contribution in [2.45, 2.75) is 49.9 Å². The van der Waals surface area contributed by atoms with Gasteiger partial charge in [0.25, 0.3) is 5.91 Å². The monoisotopic (exact) mass is 405 g/mol. The first-order valence-corrected chi connectivity index (χ1v) is 10.8. The normalized spacial score (nSPS) is 12.5. The quantitative estimate of drug-likeness (QED) is 0.680. The van der Waals surface area contributed by atoms with Crippen LogP contribution in [0.15, 0.2) is 53.4 Å². The van der Waals surface area contributed by atoms with Gasteiger partial charge in [0, 0.05) is 0 Å². The molecular weight excluding hydrogens is 378 g/mol. The Bertz CT molecular complexity index is 892. The predicted octanol–water partition coefficient (Wildman–Crippen LogP) is 4.06. The van der Waals surface area contributed by atoms with Crippen LogP contribution in [0.4, 0.5) is 5.69 Å². The first kappa shape index (κ1) is 21.8. The molecule has 152 valence electrons. The second kappa shape index (κ2) is 9.59. The summed E-state index contributed by atoms with van der Waals surface area (Å²) in [5, 5.41) is 2.25. The standard InChI is InChI=1S/C21H27NO5S/c1-5-17(6-2)28(24,25)18-12-13-20(26-4)19(14-18)22-21(23)15(3)27-16-10-8-7-9-11-16/h7-15,17H,5-6H2,1-4H3,(H,22,23). The predicted molar refractivity (Wildman–Crippen MR) is 110 cm³/mol. The number of sulfone groups is 1. The van der Waals surface area contributed by atoms with Crippen LogP contribution >= 0.6 is 0 Å². The summed E-state index contributed by atoms with van der Waals surface area (Å²) >= 11 is 0. The highest BCUT2D eigenvalue weighted by molar-refractivity contribution is 7.92. The Hall–Kier alpha value is -2.54. The number of benzene rings is 2. The van der Waals surface area contributed by atoms with Gasteiger partial charge in [0.1, 0.15) is 11.5 Å². The van der Waals surface area contributed by atoms with Crippen molar-refractivity contribution in [3.63, 3.8) is 0 Å². The van der Waals surface area contributed by atoms with Crippen molar-refractivity contribution in [1.29, 1.82) is 0 Å². The highest BCUT2D eigenvalue weighted by atomic mass is 32.2. The van der Waals surface area contributed by atoms with E-state index in [-0.39, 0.29) is 4.90 Å². The second-order valence-electron chi connectivity index (χ2n) is 6.41. The van der Waals surface area contributed by atoms with Gasteiger partial charge in [-0.3, -0.25) is 4.79 Å². The van der Waals surface area contributed by atoms with Crippen LogP contribution in [0.5, 0.6) is 11.5 Å². The zero-order valence-corrected chi connectivity index (χ0v) is 17.5. The summed E-state index contributed by atoms with van der Waals surface area (Å²) in [6.07, 6.45) is 0.273. The Morgan fingerprint density at radius 1 is 1.07 bits per heavy atom. The van der Waals surface area contributed by atoms with Crippen molar-refractivity contribution >= 4 is 21.4 Å². The minimum atomic E-state index is -3.49. The van der Waals surface area contributed by atoms with Gasteiger partial charge in [-0.1, -0.05) is 32.0 Å². The van der Waals surface area contributed by atoms with E-state index in [1.165, 1.54) is 19.2 Å².